The average Bonchev–Trinajstić information content (AvgIpc) is 2.85. The lowest BCUT2D eigenvalue weighted by atomic mass is 10.1. The Labute approximate surface area is 209 Å². The van der Waals surface area contributed by atoms with Gasteiger partial charge >= 0.3 is 6.09 Å². The highest BCUT2D eigenvalue weighted by Gasteiger charge is 2.23. The van der Waals surface area contributed by atoms with Crippen molar-refractivity contribution in [3.8, 4) is 0 Å². The Kier molecular flexibility index (Phi) is 13.0. The molecule has 1 atom stereocenters. The Morgan fingerprint density at radius 2 is 1.54 bits per heavy atom. The van der Waals surface area contributed by atoms with Crippen molar-refractivity contribution in [3.63, 3.8) is 0 Å². The number of rotatable bonds is 16. The topological polar surface area (TPSA) is 102 Å². The molecular formula is C28H39N3O4. The van der Waals surface area contributed by atoms with Gasteiger partial charge in [-0.1, -0.05) is 93.3 Å². The van der Waals surface area contributed by atoms with Crippen LogP contribution >= 0.6 is 0 Å². The van der Waals surface area contributed by atoms with Crippen LogP contribution in [0.1, 0.15) is 63.0 Å². The van der Waals surface area contributed by atoms with Crippen molar-refractivity contribution in [1.29, 1.82) is 0 Å². The molecule has 1 unspecified atom stereocenters. The van der Waals surface area contributed by atoms with Gasteiger partial charge in [0.25, 0.3) is 0 Å². The summed E-state index contributed by atoms with van der Waals surface area (Å²) in [6, 6.07) is 18.7. The Bertz CT molecular complexity index is 890. The summed E-state index contributed by atoms with van der Waals surface area (Å²) in [5, 5.41) is 2.91. The molecule has 0 heterocycles. The fourth-order valence-corrected chi connectivity index (χ4v) is 3.84. The van der Waals surface area contributed by atoms with Gasteiger partial charge in [-0.25, -0.2) is 4.79 Å². The van der Waals surface area contributed by atoms with Gasteiger partial charge in [-0.15, -0.1) is 0 Å². The molecule has 0 fully saturated rings. The molecular weight excluding hydrogens is 442 g/mol. The van der Waals surface area contributed by atoms with E-state index in [1.165, 1.54) is 0 Å². The number of hydrogen-bond acceptors (Lipinski definition) is 4. The van der Waals surface area contributed by atoms with E-state index in [-0.39, 0.29) is 25.5 Å². The zero-order valence-corrected chi connectivity index (χ0v) is 20.8. The van der Waals surface area contributed by atoms with Crippen molar-refractivity contribution < 1.29 is 19.1 Å². The second-order valence-corrected chi connectivity index (χ2v) is 8.82. The van der Waals surface area contributed by atoms with Crippen molar-refractivity contribution in [2.24, 2.45) is 5.73 Å². The van der Waals surface area contributed by atoms with Gasteiger partial charge in [0.2, 0.25) is 11.8 Å². The SMILES string of the molecule is CCCCCCCC(=O)NC(CC(N)=O)CN(CCc1ccccc1)C(=O)OCc1ccccc1. The molecule has 3 amide bonds. The lowest BCUT2D eigenvalue weighted by molar-refractivity contribution is -0.123. The van der Waals surface area contributed by atoms with Crippen LogP contribution < -0.4 is 11.1 Å². The number of nitrogens with zero attached hydrogens (tertiary/aromatic N) is 1. The number of benzene rings is 2. The number of carbonyl (C=O) groups excluding carboxylic acids is 3. The molecule has 0 aromatic heterocycles. The Morgan fingerprint density at radius 1 is 0.914 bits per heavy atom. The van der Waals surface area contributed by atoms with Crippen LogP contribution in [0.3, 0.4) is 0 Å². The molecule has 0 saturated carbocycles. The number of carbonyl (C=O) groups is 3. The largest absolute Gasteiger partial charge is 0.445 e. The van der Waals surface area contributed by atoms with E-state index in [1.54, 1.807) is 4.90 Å². The normalized spacial score (nSPS) is 11.5. The molecule has 0 radical (unpaired) electrons. The van der Waals surface area contributed by atoms with Crippen LogP contribution in [0.25, 0.3) is 0 Å². The molecule has 0 saturated heterocycles. The minimum Gasteiger partial charge on any atom is -0.445 e. The molecule has 2 rings (SSSR count). The summed E-state index contributed by atoms with van der Waals surface area (Å²) in [7, 11) is 0. The summed E-state index contributed by atoms with van der Waals surface area (Å²) in [6.07, 6.45) is 5.68. The van der Waals surface area contributed by atoms with Gasteiger partial charge in [0, 0.05) is 25.9 Å². The van der Waals surface area contributed by atoms with Crippen molar-refractivity contribution in [1.82, 2.24) is 10.2 Å². The molecule has 0 bridgehead atoms. The first kappa shape index (κ1) is 27.9. The molecule has 35 heavy (non-hydrogen) atoms. The predicted octanol–water partition coefficient (Wildman–Crippen LogP) is 4.59. The standard InChI is InChI=1S/C28H39N3O4/c1-2-3-4-5-12-17-27(33)30-25(20-26(29)32)21-31(19-18-23-13-8-6-9-14-23)28(34)35-22-24-15-10-7-11-16-24/h6-11,13-16,25H,2-5,12,17-22H2,1H3,(H2,29,32)(H,30,33). The number of hydrogen-bond donors (Lipinski definition) is 2. The molecule has 0 aliphatic carbocycles. The lowest BCUT2D eigenvalue weighted by Crippen LogP contribution is -2.48. The highest BCUT2D eigenvalue weighted by molar-refractivity contribution is 5.79. The van der Waals surface area contributed by atoms with Crippen molar-refractivity contribution in [2.45, 2.75) is 70.9 Å². The van der Waals surface area contributed by atoms with Crippen LogP contribution in [0.4, 0.5) is 4.79 Å². The number of unbranched alkanes of at least 4 members (excludes halogenated alkanes) is 4. The van der Waals surface area contributed by atoms with Crippen LogP contribution in [0, 0.1) is 0 Å². The quantitative estimate of drug-likeness (QED) is 0.342. The van der Waals surface area contributed by atoms with Crippen LogP contribution in [-0.2, 0) is 27.4 Å². The maximum Gasteiger partial charge on any atom is 0.410 e. The molecule has 3 N–H and O–H groups in total. The lowest BCUT2D eigenvalue weighted by Gasteiger charge is -2.27. The second-order valence-electron chi connectivity index (χ2n) is 8.82. The highest BCUT2D eigenvalue weighted by atomic mass is 16.6. The fourth-order valence-electron chi connectivity index (χ4n) is 3.84. The third-order valence-corrected chi connectivity index (χ3v) is 5.74. The first-order valence-corrected chi connectivity index (χ1v) is 12.5. The number of ether oxygens (including phenoxy) is 1. The highest BCUT2D eigenvalue weighted by Crippen LogP contribution is 2.09. The summed E-state index contributed by atoms with van der Waals surface area (Å²) in [5.74, 6) is -0.660. The average molecular weight is 482 g/mol. The van der Waals surface area contributed by atoms with Crippen molar-refractivity contribution in [3.05, 3.63) is 71.8 Å². The number of primary amides is 1. The zero-order valence-electron chi connectivity index (χ0n) is 20.8. The van der Waals surface area contributed by atoms with E-state index in [2.05, 4.69) is 12.2 Å². The monoisotopic (exact) mass is 481 g/mol. The van der Waals surface area contributed by atoms with Crippen molar-refractivity contribution >= 4 is 17.9 Å². The summed E-state index contributed by atoms with van der Waals surface area (Å²) >= 11 is 0. The van der Waals surface area contributed by atoms with E-state index >= 15 is 0 Å². The molecule has 7 heteroatoms. The van der Waals surface area contributed by atoms with Crippen LogP contribution in [0.15, 0.2) is 60.7 Å². The van der Waals surface area contributed by atoms with Crippen molar-refractivity contribution in [2.75, 3.05) is 13.1 Å². The number of nitrogens with two attached hydrogens (primary N) is 1. The van der Waals surface area contributed by atoms with Crippen LogP contribution in [-0.4, -0.2) is 41.9 Å². The van der Waals surface area contributed by atoms with E-state index in [4.69, 9.17) is 10.5 Å². The second kappa shape index (κ2) is 16.3. The van der Waals surface area contributed by atoms with E-state index in [0.29, 0.717) is 19.4 Å². The van der Waals surface area contributed by atoms with E-state index in [0.717, 1.165) is 43.2 Å². The third kappa shape index (κ3) is 12.1. The first-order chi connectivity index (χ1) is 17.0. The minimum atomic E-state index is -0.573. The maximum atomic E-state index is 13.0. The van der Waals surface area contributed by atoms with Crippen LogP contribution in [0.2, 0.25) is 0 Å². The summed E-state index contributed by atoms with van der Waals surface area (Å²) in [6.45, 7) is 2.83. The van der Waals surface area contributed by atoms with E-state index in [9.17, 15) is 14.4 Å². The minimum absolute atomic E-state index is 0.0463. The zero-order chi connectivity index (χ0) is 25.3. The summed E-state index contributed by atoms with van der Waals surface area (Å²) in [4.78, 5) is 38.8. The number of amides is 3. The maximum absolute atomic E-state index is 13.0. The summed E-state index contributed by atoms with van der Waals surface area (Å²) in [5.41, 5.74) is 7.41. The van der Waals surface area contributed by atoms with E-state index < -0.39 is 18.0 Å². The van der Waals surface area contributed by atoms with Gasteiger partial charge in [0.05, 0.1) is 6.04 Å². The van der Waals surface area contributed by atoms with Gasteiger partial charge in [-0.05, 0) is 24.0 Å². The van der Waals surface area contributed by atoms with E-state index in [1.807, 2.05) is 60.7 Å². The Balaban J connectivity index is 2.01. The molecule has 7 nitrogen and oxygen atoms in total. The fraction of sp³-hybridized carbons (Fsp3) is 0.464. The Morgan fingerprint density at radius 3 is 2.17 bits per heavy atom. The molecule has 0 spiro atoms. The smallest absolute Gasteiger partial charge is 0.410 e. The number of nitrogens with one attached hydrogen (secondary N) is 1. The molecule has 2 aromatic carbocycles. The summed E-state index contributed by atoms with van der Waals surface area (Å²) < 4.78 is 5.55. The van der Waals surface area contributed by atoms with Gasteiger partial charge in [-0.3, -0.25) is 9.59 Å². The van der Waals surface area contributed by atoms with Gasteiger partial charge < -0.3 is 20.7 Å². The molecule has 2 aromatic rings. The van der Waals surface area contributed by atoms with Gasteiger partial charge in [-0.2, -0.15) is 0 Å². The third-order valence-electron chi connectivity index (χ3n) is 5.74. The van der Waals surface area contributed by atoms with Gasteiger partial charge in [0.1, 0.15) is 6.61 Å². The molecule has 0 aliphatic rings. The molecule has 190 valence electrons. The molecule has 0 aliphatic heterocycles. The predicted molar refractivity (Wildman–Crippen MR) is 137 cm³/mol. The Hall–Kier alpha value is -3.35. The van der Waals surface area contributed by atoms with Crippen LogP contribution in [0.5, 0.6) is 0 Å². The first-order valence-electron chi connectivity index (χ1n) is 12.5. The van der Waals surface area contributed by atoms with Gasteiger partial charge in [0.15, 0.2) is 0 Å².